The van der Waals surface area contributed by atoms with Crippen molar-refractivity contribution in [3.63, 3.8) is 0 Å². The lowest BCUT2D eigenvalue weighted by atomic mass is 9.98. The van der Waals surface area contributed by atoms with Gasteiger partial charge in [-0.05, 0) is 38.5 Å². The number of nitrogens with one attached hydrogen (secondary N) is 1. The molecule has 11 heteroatoms. The van der Waals surface area contributed by atoms with E-state index in [1.54, 1.807) is 0 Å². The van der Waals surface area contributed by atoms with E-state index in [-0.39, 0.29) is 6.42 Å². The normalized spacial score (nSPS) is 19.9. The van der Waals surface area contributed by atoms with Gasteiger partial charge in [0.15, 0.2) is 6.29 Å². The fourth-order valence-electron chi connectivity index (χ4n) is 10.4. The lowest BCUT2D eigenvalue weighted by molar-refractivity contribution is -0.303. The van der Waals surface area contributed by atoms with Crippen molar-refractivity contribution in [3.8, 4) is 0 Å². The van der Waals surface area contributed by atoms with Crippen LogP contribution in [0.5, 0.6) is 0 Å². The Hall–Kier alpha value is -1.15. The minimum atomic E-state index is -1.66. The van der Waals surface area contributed by atoms with E-state index in [2.05, 4.69) is 31.3 Å². The van der Waals surface area contributed by atoms with Crippen molar-refractivity contribution < 1.29 is 50.0 Å². The highest BCUT2D eigenvalue weighted by Crippen LogP contribution is 2.24. The van der Waals surface area contributed by atoms with Crippen molar-refractivity contribution >= 4 is 5.91 Å². The Morgan fingerprint density at radius 3 is 1.15 bits per heavy atom. The molecule has 1 aliphatic heterocycles. The number of rotatable bonds is 55. The van der Waals surface area contributed by atoms with E-state index in [1.165, 1.54) is 218 Å². The number of carbonyl (C=O) groups excluding carboxylic acids is 1. The zero-order chi connectivity index (χ0) is 53.3. The largest absolute Gasteiger partial charge is 0.394 e. The van der Waals surface area contributed by atoms with Crippen LogP contribution in [0.15, 0.2) is 12.2 Å². The number of unbranched alkanes of at least 4 members (excludes halogenated alkanes) is 41. The fourth-order valence-corrected chi connectivity index (χ4v) is 10.4. The van der Waals surface area contributed by atoms with Gasteiger partial charge >= 0.3 is 0 Å². The first-order valence-electron chi connectivity index (χ1n) is 31.6. The Balaban J connectivity index is 2.21. The minimum Gasteiger partial charge on any atom is -0.394 e. The maximum Gasteiger partial charge on any atom is 0.249 e. The summed E-state index contributed by atoms with van der Waals surface area (Å²) in [5.74, 6) is -0.697. The molecule has 1 fully saturated rings. The Morgan fingerprint density at radius 2 is 0.795 bits per heavy atom. The number of allylic oxidation sites excluding steroid dienone is 2. The van der Waals surface area contributed by atoms with Gasteiger partial charge in [0.2, 0.25) is 5.91 Å². The van der Waals surface area contributed by atoms with E-state index in [4.69, 9.17) is 9.47 Å². The predicted octanol–water partition coefficient (Wildman–Crippen LogP) is 13.9. The van der Waals surface area contributed by atoms with Gasteiger partial charge in [0, 0.05) is 0 Å². The molecule has 0 aromatic heterocycles. The number of carbonyl (C=O) groups is 1. The number of ether oxygens (including phenoxy) is 2. The summed E-state index contributed by atoms with van der Waals surface area (Å²) in [7, 11) is 0. The lowest BCUT2D eigenvalue weighted by Gasteiger charge is -2.40. The Bertz CT molecular complexity index is 1190. The van der Waals surface area contributed by atoms with Gasteiger partial charge in [0.25, 0.3) is 0 Å². The molecule has 1 rings (SSSR count). The highest BCUT2D eigenvalue weighted by atomic mass is 16.7. The van der Waals surface area contributed by atoms with E-state index in [1.807, 2.05) is 0 Å². The van der Waals surface area contributed by atoms with Gasteiger partial charge in [0.1, 0.15) is 36.6 Å². The number of hydrogen-bond donors (Lipinski definition) is 8. The number of amides is 1. The smallest absolute Gasteiger partial charge is 0.249 e. The van der Waals surface area contributed by atoms with Crippen molar-refractivity contribution in [1.82, 2.24) is 5.32 Å². The molecule has 1 amide bonds. The molecular formula is C62H121NO10. The number of hydrogen-bond acceptors (Lipinski definition) is 10. The lowest BCUT2D eigenvalue weighted by Crippen LogP contribution is -2.60. The summed E-state index contributed by atoms with van der Waals surface area (Å²) in [5.41, 5.74) is 0. The van der Waals surface area contributed by atoms with Crippen LogP contribution in [0, 0.1) is 0 Å². The van der Waals surface area contributed by atoms with Crippen molar-refractivity contribution in [1.29, 1.82) is 0 Å². The number of aliphatic hydroxyl groups excluding tert-OH is 7. The molecule has 1 aliphatic rings. The van der Waals surface area contributed by atoms with Crippen LogP contribution >= 0.6 is 0 Å². The van der Waals surface area contributed by atoms with Gasteiger partial charge in [-0.3, -0.25) is 4.79 Å². The zero-order valence-corrected chi connectivity index (χ0v) is 47.6. The second-order valence-corrected chi connectivity index (χ2v) is 22.5. The molecule has 0 aliphatic carbocycles. The maximum absolute atomic E-state index is 13.2. The Labute approximate surface area is 449 Å². The molecule has 0 radical (unpaired) electrons. The van der Waals surface area contributed by atoms with Crippen molar-refractivity contribution in [2.75, 3.05) is 13.2 Å². The third kappa shape index (κ3) is 39.8. The molecule has 9 unspecified atom stereocenters. The summed E-state index contributed by atoms with van der Waals surface area (Å²) in [4.78, 5) is 13.2. The van der Waals surface area contributed by atoms with E-state index in [0.29, 0.717) is 19.3 Å². The van der Waals surface area contributed by atoms with E-state index in [0.717, 1.165) is 51.4 Å². The SMILES string of the molecule is CCCCCCCC/C=C\CCCCCCCCC(O)C(=O)NC(COC1OC(CO)C(O)C(O)C1O)C(O)C(O)CCCCCCCCCCCCCCCCCCCCCCCCCCCCCCCC. The molecule has 434 valence electrons. The van der Waals surface area contributed by atoms with Gasteiger partial charge in [0.05, 0.1) is 25.4 Å². The Morgan fingerprint density at radius 1 is 0.466 bits per heavy atom. The maximum atomic E-state index is 13.2. The third-order valence-corrected chi connectivity index (χ3v) is 15.6. The monoisotopic (exact) mass is 1040 g/mol. The molecule has 9 atom stereocenters. The van der Waals surface area contributed by atoms with Gasteiger partial charge in [-0.25, -0.2) is 0 Å². The van der Waals surface area contributed by atoms with E-state index in [9.17, 15) is 40.5 Å². The summed E-state index contributed by atoms with van der Waals surface area (Å²) in [5, 5.41) is 76.2. The topological polar surface area (TPSA) is 189 Å². The van der Waals surface area contributed by atoms with E-state index >= 15 is 0 Å². The van der Waals surface area contributed by atoms with Crippen LogP contribution in [-0.4, -0.2) is 110 Å². The van der Waals surface area contributed by atoms with Crippen LogP contribution < -0.4 is 5.32 Å². The molecular weight excluding hydrogens is 919 g/mol. The minimum absolute atomic E-state index is 0.256. The van der Waals surface area contributed by atoms with Crippen LogP contribution in [0.4, 0.5) is 0 Å². The molecule has 0 saturated carbocycles. The average Bonchev–Trinajstić information content (AvgIpc) is 3.39. The summed E-state index contributed by atoms with van der Waals surface area (Å²) in [6.45, 7) is 3.49. The van der Waals surface area contributed by atoms with Crippen molar-refractivity contribution in [2.24, 2.45) is 0 Å². The third-order valence-electron chi connectivity index (χ3n) is 15.6. The molecule has 0 bridgehead atoms. The fraction of sp³-hybridized carbons (Fsp3) is 0.952. The molecule has 0 aromatic rings. The van der Waals surface area contributed by atoms with Gasteiger partial charge in [-0.15, -0.1) is 0 Å². The molecule has 0 aromatic carbocycles. The van der Waals surface area contributed by atoms with E-state index < -0.39 is 74.2 Å². The first-order chi connectivity index (χ1) is 35.7. The zero-order valence-electron chi connectivity index (χ0n) is 47.6. The molecule has 8 N–H and O–H groups in total. The van der Waals surface area contributed by atoms with Crippen LogP contribution in [-0.2, 0) is 14.3 Å². The molecule has 11 nitrogen and oxygen atoms in total. The highest BCUT2D eigenvalue weighted by Gasteiger charge is 2.44. The number of aliphatic hydroxyl groups is 7. The summed E-state index contributed by atoms with van der Waals surface area (Å²) in [6, 6.07) is -1.17. The molecule has 1 saturated heterocycles. The van der Waals surface area contributed by atoms with Crippen LogP contribution in [0.2, 0.25) is 0 Å². The van der Waals surface area contributed by atoms with Crippen LogP contribution in [0.3, 0.4) is 0 Å². The van der Waals surface area contributed by atoms with Gasteiger partial charge in [-0.2, -0.15) is 0 Å². The summed E-state index contributed by atoms with van der Waals surface area (Å²) < 4.78 is 11.2. The summed E-state index contributed by atoms with van der Waals surface area (Å²) >= 11 is 0. The molecule has 73 heavy (non-hydrogen) atoms. The average molecular weight is 1040 g/mol. The second-order valence-electron chi connectivity index (χ2n) is 22.5. The van der Waals surface area contributed by atoms with Crippen molar-refractivity contribution in [2.45, 2.75) is 364 Å². The Kier molecular flexibility index (Phi) is 49.4. The second kappa shape index (κ2) is 51.6. The van der Waals surface area contributed by atoms with Crippen LogP contribution in [0.25, 0.3) is 0 Å². The van der Waals surface area contributed by atoms with Crippen molar-refractivity contribution in [3.05, 3.63) is 12.2 Å². The predicted molar refractivity (Wildman–Crippen MR) is 303 cm³/mol. The van der Waals surface area contributed by atoms with Crippen LogP contribution in [0.1, 0.15) is 309 Å². The first kappa shape index (κ1) is 69.9. The quantitative estimate of drug-likeness (QED) is 0.0215. The summed E-state index contributed by atoms with van der Waals surface area (Å²) in [6.07, 6.45) is 50.0. The first-order valence-corrected chi connectivity index (χ1v) is 31.6. The highest BCUT2D eigenvalue weighted by molar-refractivity contribution is 5.80. The van der Waals surface area contributed by atoms with Gasteiger partial charge in [-0.1, -0.05) is 283 Å². The molecule has 0 spiro atoms. The molecule has 1 heterocycles. The van der Waals surface area contributed by atoms with Gasteiger partial charge < -0.3 is 50.5 Å². The standard InChI is InChI=1S/C62H121NO10/c1-3-5-7-9-11-13-15-17-19-21-22-23-24-25-26-27-28-29-30-31-32-33-34-36-37-39-41-43-45-47-49-54(65)57(67)53(52-72-62-60(70)59(69)58(68)56(51-64)73-62)63-61(71)55(66)50-48-46-44-42-40-38-35-20-18-16-14-12-10-8-6-4-2/h18,20,53-60,62,64-70H,3-17,19,21-52H2,1-2H3,(H,63,71)/b20-18-.